The molecule has 0 atom stereocenters. The first kappa shape index (κ1) is 14.3. The highest BCUT2D eigenvalue weighted by molar-refractivity contribution is 5.63. The zero-order valence-electron chi connectivity index (χ0n) is 11.7. The van der Waals surface area contributed by atoms with Gasteiger partial charge in [-0.25, -0.2) is 0 Å². The fourth-order valence-corrected chi connectivity index (χ4v) is 1.63. The Kier molecular flexibility index (Phi) is 5.99. The Morgan fingerprint density at radius 2 is 1.22 bits per heavy atom. The number of rotatable bonds is 3. The third kappa shape index (κ3) is 4.25. The fraction of sp³-hybridized carbons (Fsp3) is 0.294. The number of hydrogen-bond acceptors (Lipinski definition) is 1. The van der Waals surface area contributed by atoms with Crippen LogP contribution in [0.25, 0.3) is 11.1 Å². The molecule has 0 heterocycles. The van der Waals surface area contributed by atoms with Crippen LogP contribution in [0.5, 0.6) is 5.75 Å². The molecule has 96 valence electrons. The molecule has 0 aromatic heterocycles. The number of benzene rings is 2. The molecule has 0 aliphatic rings. The van der Waals surface area contributed by atoms with Crippen LogP contribution in [-0.4, -0.2) is 6.10 Å². The van der Waals surface area contributed by atoms with Crippen molar-refractivity contribution < 1.29 is 4.74 Å². The smallest absolute Gasteiger partial charge is 0.119 e. The van der Waals surface area contributed by atoms with E-state index in [0.29, 0.717) is 0 Å². The maximum atomic E-state index is 5.61. The summed E-state index contributed by atoms with van der Waals surface area (Å²) < 4.78 is 5.61. The van der Waals surface area contributed by atoms with Crippen molar-refractivity contribution in [3.63, 3.8) is 0 Å². The van der Waals surface area contributed by atoms with Crippen LogP contribution in [0.1, 0.15) is 27.7 Å². The molecule has 0 aliphatic carbocycles. The van der Waals surface area contributed by atoms with Crippen LogP contribution in [0.4, 0.5) is 0 Å². The third-order valence-corrected chi connectivity index (χ3v) is 2.33. The lowest BCUT2D eigenvalue weighted by Crippen LogP contribution is -2.05. The quantitative estimate of drug-likeness (QED) is 0.721. The van der Waals surface area contributed by atoms with Crippen molar-refractivity contribution in [2.45, 2.75) is 33.8 Å². The maximum Gasteiger partial charge on any atom is 0.119 e. The Morgan fingerprint density at radius 3 is 1.72 bits per heavy atom. The molecule has 0 radical (unpaired) electrons. The molecule has 2 aromatic rings. The molecule has 0 aliphatic heterocycles. The SMILES string of the molecule is CC.CC(C)Oc1ccc(-c2ccccc2)cc1. The molecular weight excluding hydrogens is 220 g/mol. The van der Waals surface area contributed by atoms with Gasteiger partial charge in [-0.15, -0.1) is 0 Å². The van der Waals surface area contributed by atoms with E-state index in [1.807, 2.05) is 58.0 Å². The Bertz CT molecular complexity index is 429. The van der Waals surface area contributed by atoms with Crippen molar-refractivity contribution in [1.82, 2.24) is 0 Å². The van der Waals surface area contributed by atoms with Gasteiger partial charge < -0.3 is 4.74 Å². The summed E-state index contributed by atoms with van der Waals surface area (Å²) in [6, 6.07) is 18.6. The molecule has 1 nitrogen and oxygen atoms in total. The zero-order chi connectivity index (χ0) is 13.4. The molecule has 0 saturated carbocycles. The standard InChI is InChI=1S/C15H16O.C2H6/c1-12(2)16-15-10-8-14(9-11-15)13-6-4-3-5-7-13;1-2/h3-12H,1-2H3;1-2H3. The van der Waals surface area contributed by atoms with E-state index in [2.05, 4.69) is 24.3 Å². The molecule has 0 N–H and O–H groups in total. The highest BCUT2D eigenvalue weighted by Gasteiger charge is 1.99. The van der Waals surface area contributed by atoms with Crippen LogP contribution in [0, 0.1) is 0 Å². The Hall–Kier alpha value is -1.76. The minimum Gasteiger partial charge on any atom is -0.491 e. The van der Waals surface area contributed by atoms with Crippen LogP contribution in [0.2, 0.25) is 0 Å². The molecule has 2 rings (SSSR count). The van der Waals surface area contributed by atoms with Gasteiger partial charge in [0.2, 0.25) is 0 Å². The first-order chi connectivity index (χ1) is 8.75. The molecule has 0 unspecified atom stereocenters. The minimum absolute atomic E-state index is 0.225. The summed E-state index contributed by atoms with van der Waals surface area (Å²) in [6.45, 7) is 8.07. The first-order valence-electron chi connectivity index (χ1n) is 6.58. The summed E-state index contributed by atoms with van der Waals surface area (Å²) in [6.07, 6.45) is 0.225. The van der Waals surface area contributed by atoms with Gasteiger partial charge in [-0.05, 0) is 37.1 Å². The topological polar surface area (TPSA) is 9.23 Å². The minimum atomic E-state index is 0.225. The maximum absolute atomic E-state index is 5.61. The van der Waals surface area contributed by atoms with Crippen LogP contribution in [-0.2, 0) is 0 Å². The van der Waals surface area contributed by atoms with Crippen molar-refractivity contribution in [3.8, 4) is 16.9 Å². The second-order valence-corrected chi connectivity index (χ2v) is 4.06. The van der Waals surface area contributed by atoms with Crippen molar-refractivity contribution in [1.29, 1.82) is 0 Å². The zero-order valence-corrected chi connectivity index (χ0v) is 11.7. The van der Waals surface area contributed by atoms with Gasteiger partial charge in [-0.3, -0.25) is 0 Å². The van der Waals surface area contributed by atoms with Gasteiger partial charge in [0, 0.05) is 0 Å². The van der Waals surface area contributed by atoms with E-state index in [4.69, 9.17) is 4.74 Å². The van der Waals surface area contributed by atoms with Crippen LogP contribution < -0.4 is 4.74 Å². The number of hydrogen-bond donors (Lipinski definition) is 0. The normalized spacial score (nSPS) is 9.61. The Morgan fingerprint density at radius 1 is 0.722 bits per heavy atom. The molecule has 1 heteroatoms. The van der Waals surface area contributed by atoms with Crippen LogP contribution >= 0.6 is 0 Å². The summed E-state index contributed by atoms with van der Waals surface area (Å²) >= 11 is 0. The van der Waals surface area contributed by atoms with Gasteiger partial charge in [0.05, 0.1) is 6.10 Å². The lowest BCUT2D eigenvalue weighted by Gasteiger charge is -2.10. The second kappa shape index (κ2) is 7.54. The predicted octanol–water partition coefficient (Wildman–Crippen LogP) is 5.17. The van der Waals surface area contributed by atoms with Gasteiger partial charge in [-0.1, -0.05) is 56.3 Å². The van der Waals surface area contributed by atoms with Gasteiger partial charge in [0.15, 0.2) is 0 Å². The average molecular weight is 242 g/mol. The molecule has 18 heavy (non-hydrogen) atoms. The summed E-state index contributed by atoms with van der Waals surface area (Å²) in [4.78, 5) is 0. The van der Waals surface area contributed by atoms with E-state index in [1.165, 1.54) is 11.1 Å². The third-order valence-electron chi connectivity index (χ3n) is 2.33. The molecule has 2 aromatic carbocycles. The van der Waals surface area contributed by atoms with Crippen LogP contribution in [0.3, 0.4) is 0 Å². The fourth-order valence-electron chi connectivity index (χ4n) is 1.63. The Balaban J connectivity index is 0.000000771. The monoisotopic (exact) mass is 242 g/mol. The van der Waals surface area contributed by atoms with E-state index in [1.54, 1.807) is 0 Å². The Labute approximate surface area is 110 Å². The molecule has 0 spiro atoms. The largest absolute Gasteiger partial charge is 0.491 e. The summed E-state index contributed by atoms with van der Waals surface area (Å²) in [7, 11) is 0. The first-order valence-corrected chi connectivity index (χ1v) is 6.58. The molecular formula is C17H22O. The summed E-state index contributed by atoms with van der Waals surface area (Å²) in [5, 5.41) is 0. The highest BCUT2D eigenvalue weighted by atomic mass is 16.5. The molecule has 0 saturated heterocycles. The summed E-state index contributed by atoms with van der Waals surface area (Å²) in [5.74, 6) is 0.926. The second-order valence-electron chi connectivity index (χ2n) is 4.06. The van der Waals surface area contributed by atoms with Crippen molar-refractivity contribution >= 4 is 0 Å². The van der Waals surface area contributed by atoms with Crippen molar-refractivity contribution in [3.05, 3.63) is 54.6 Å². The van der Waals surface area contributed by atoms with Gasteiger partial charge in [0.25, 0.3) is 0 Å². The average Bonchev–Trinajstić information content (AvgIpc) is 2.42. The predicted molar refractivity (Wildman–Crippen MR) is 79.0 cm³/mol. The molecule has 0 bridgehead atoms. The lowest BCUT2D eigenvalue weighted by atomic mass is 10.1. The number of ether oxygens (including phenoxy) is 1. The highest BCUT2D eigenvalue weighted by Crippen LogP contribution is 2.22. The molecule has 0 amide bonds. The van der Waals surface area contributed by atoms with E-state index < -0.39 is 0 Å². The van der Waals surface area contributed by atoms with Crippen molar-refractivity contribution in [2.24, 2.45) is 0 Å². The van der Waals surface area contributed by atoms with E-state index in [-0.39, 0.29) is 6.10 Å². The van der Waals surface area contributed by atoms with Crippen LogP contribution in [0.15, 0.2) is 54.6 Å². The van der Waals surface area contributed by atoms with Gasteiger partial charge >= 0.3 is 0 Å². The van der Waals surface area contributed by atoms with Crippen molar-refractivity contribution in [2.75, 3.05) is 0 Å². The van der Waals surface area contributed by atoms with Gasteiger partial charge in [0.1, 0.15) is 5.75 Å². The van der Waals surface area contributed by atoms with E-state index >= 15 is 0 Å². The molecule has 0 fully saturated rings. The van der Waals surface area contributed by atoms with Gasteiger partial charge in [-0.2, -0.15) is 0 Å². The van der Waals surface area contributed by atoms with E-state index in [9.17, 15) is 0 Å². The summed E-state index contributed by atoms with van der Waals surface area (Å²) in [5.41, 5.74) is 2.45. The van der Waals surface area contributed by atoms with E-state index in [0.717, 1.165) is 5.75 Å². The lowest BCUT2D eigenvalue weighted by molar-refractivity contribution is 0.242.